The highest BCUT2D eigenvalue weighted by Gasteiger charge is 2.13. The molecule has 1 aromatic rings. The predicted octanol–water partition coefficient (Wildman–Crippen LogP) is 1.93. The van der Waals surface area contributed by atoms with Crippen LogP contribution in [0.5, 0.6) is 0 Å². The molecule has 0 aromatic carbocycles. The minimum absolute atomic E-state index is 0. The quantitative estimate of drug-likeness (QED) is 0.884. The highest BCUT2D eigenvalue weighted by atomic mass is 35.5. The molecule has 0 fully saturated rings. The van der Waals surface area contributed by atoms with Gasteiger partial charge in [0, 0.05) is 27.7 Å². The van der Waals surface area contributed by atoms with Crippen LogP contribution in [-0.4, -0.2) is 45.2 Å². The summed E-state index contributed by atoms with van der Waals surface area (Å²) in [5.74, 6) is 0.0403. The number of nitrogens with zero attached hydrogens (tertiary/aromatic N) is 1. The molecular weight excluding hydrogens is 248 g/mol. The van der Waals surface area contributed by atoms with Gasteiger partial charge in [-0.3, -0.25) is 4.79 Å². The number of thiophene rings is 1. The zero-order valence-electron chi connectivity index (χ0n) is 9.65. The molecule has 0 aliphatic rings. The fraction of sp³-hybridized carbons (Fsp3) is 0.500. The summed E-state index contributed by atoms with van der Waals surface area (Å²) in [5.41, 5.74) is 0. The van der Waals surface area contributed by atoms with E-state index < -0.39 is 0 Å². The van der Waals surface area contributed by atoms with Crippen LogP contribution in [0.3, 0.4) is 0 Å². The van der Waals surface area contributed by atoms with Gasteiger partial charge in [-0.25, -0.2) is 0 Å². The lowest BCUT2D eigenvalue weighted by Crippen LogP contribution is -2.29. The smallest absolute Gasteiger partial charge is 0.263 e. The van der Waals surface area contributed by atoms with E-state index in [0.717, 1.165) is 9.88 Å². The number of likely N-dealkylation sites (N-methyl/N-ethyl adjacent to an activating group) is 1. The number of methoxy groups -OCH3 is 1. The summed E-state index contributed by atoms with van der Waals surface area (Å²) >= 11 is 1.46. The van der Waals surface area contributed by atoms with Crippen LogP contribution in [-0.2, 0) is 4.74 Å². The summed E-state index contributed by atoms with van der Waals surface area (Å²) in [6, 6.07) is 3.74. The third kappa shape index (κ3) is 4.00. The van der Waals surface area contributed by atoms with E-state index in [1.807, 2.05) is 19.2 Å². The fourth-order valence-electron chi connectivity index (χ4n) is 1.11. The van der Waals surface area contributed by atoms with E-state index in [1.54, 1.807) is 19.1 Å². The second-order valence-electron chi connectivity index (χ2n) is 3.13. The minimum atomic E-state index is 0. The molecule has 1 N–H and O–H groups in total. The van der Waals surface area contributed by atoms with Crippen molar-refractivity contribution in [3.8, 4) is 0 Å². The summed E-state index contributed by atoms with van der Waals surface area (Å²) in [7, 11) is 5.25. The predicted molar refractivity (Wildman–Crippen MR) is 70.0 cm³/mol. The van der Waals surface area contributed by atoms with Crippen LogP contribution < -0.4 is 5.32 Å². The van der Waals surface area contributed by atoms with Gasteiger partial charge in [-0.05, 0) is 12.1 Å². The number of amides is 1. The van der Waals surface area contributed by atoms with E-state index in [0.29, 0.717) is 13.2 Å². The molecule has 1 amide bonds. The van der Waals surface area contributed by atoms with Gasteiger partial charge >= 0.3 is 0 Å². The Bertz CT molecular complexity index is 330. The summed E-state index contributed by atoms with van der Waals surface area (Å²) in [5, 5.41) is 4.01. The fourth-order valence-corrected chi connectivity index (χ4v) is 1.96. The van der Waals surface area contributed by atoms with Crippen LogP contribution >= 0.6 is 23.7 Å². The number of carbonyl (C=O) groups is 1. The van der Waals surface area contributed by atoms with Crippen LogP contribution in [0.1, 0.15) is 9.67 Å². The summed E-state index contributed by atoms with van der Waals surface area (Å²) < 4.78 is 4.92. The topological polar surface area (TPSA) is 41.6 Å². The summed E-state index contributed by atoms with van der Waals surface area (Å²) in [4.78, 5) is 14.2. The molecule has 16 heavy (non-hydrogen) atoms. The Labute approximate surface area is 106 Å². The maximum atomic E-state index is 11.8. The van der Waals surface area contributed by atoms with Gasteiger partial charge in [-0.2, -0.15) is 0 Å². The molecule has 0 spiro atoms. The largest absolute Gasteiger partial charge is 0.383 e. The zero-order valence-corrected chi connectivity index (χ0v) is 11.3. The number of nitrogens with one attached hydrogen (secondary N) is 1. The number of hydrogen-bond donors (Lipinski definition) is 1. The van der Waals surface area contributed by atoms with Crippen LogP contribution in [0.15, 0.2) is 12.1 Å². The molecule has 1 aromatic heterocycles. The maximum absolute atomic E-state index is 11.8. The molecular formula is C10H17ClN2O2S. The van der Waals surface area contributed by atoms with Crippen molar-refractivity contribution in [1.82, 2.24) is 4.90 Å². The number of halogens is 1. The second kappa shape index (κ2) is 7.49. The SMILES string of the molecule is CNc1ccc(C(=O)N(C)CCOC)s1.Cl. The van der Waals surface area contributed by atoms with Crippen molar-refractivity contribution >= 4 is 34.7 Å². The average Bonchev–Trinajstić information content (AvgIpc) is 2.73. The van der Waals surface area contributed by atoms with Crippen molar-refractivity contribution in [2.75, 3.05) is 39.7 Å². The Kier molecular flexibility index (Phi) is 7.12. The summed E-state index contributed by atoms with van der Waals surface area (Å²) in [6.45, 7) is 1.18. The number of hydrogen-bond acceptors (Lipinski definition) is 4. The van der Waals surface area contributed by atoms with Gasteiger partial charge in [-0.15, -0.1) is 23.7 Å². The monoisotopic (exact) mass is 264 g/mol. The minimum Gasteiger partial charge on any atom is -0.383 e. The van der Waals surface area contributed by atoms with E-state index in [9.17, 15) is 4.79 Å². The van der Waals surface area contributed by atoms with Crippen LogP contribution in [0.25, 0.3) is 0 Å². The van der Waals surface area contributed by atoms with Gasteiger partial charge < -0.3 is 15.0 Å². The highest BCUT2D eigenvalue weighted by Crippen LogP contribution is 2.22. The first kappa shape index (κ1) is 15.2. The van der Waals surface area contributed by atoms with Crippen molar-refractivity contribution in [2.24, 2.45) is 0 Å². The molecule has 92 valence electrons. The van der Waals surface area contributed by atoms with E-state index >= 15 is 0 Å². The van der Waals surface area contributed by atoms with Crippen LogP contribution in [0.4, 0.5) is 5.00 Å². The lowest BCUT2D eigenvalue weighted by Gasteiger charge is -2.15. The lowest BCUT2D eigenvalue weighted by molar-refractivity contribution is 0.0749. The van der Waals surface area contributed by atoms with Gasteiger partial charge in [0.25, 0.3) is 5.91 Å². The third-order valence-electron chi connectivity index (χ3n) is 2.04. The second-order valence-corrected chi connectivity index (χ2v) is 4.22. The van der Waals surface area contributed by atoms with Gasteiger partial charge in [-0.1, -0.05) is 0 Å². The molecule has 0 saturated heterocycles. The molecule has 6 heteroatoms. The van der Waals surface area contributed by atoms with Crippen LogP contribution in [0.2, 0.25) is 0 Å². The maximum Gasteiger partial charge on any atom is 0.263 e. The lowest BCUT2D eigenvalue weighted by atomic mass is 10.4. The Morgan fingerprint density at radius 1 is 1.56 bits per heavy atom. The van der Waals surface area contributed by atoms with E-state index in [2.05, 4.69) is 5.32 Å². The molecule has 1 rings (SSSR count). The Hall–Kier alpha value is -0.780. The van der Waals surface area contributed by atoms with Crippen molar-refractivity contribution < 1.29 is 9.53 Å². The van der Waals surface area contributed by atoms with Gasteiger partial charge in [0.2, 0.25) is 0 Å². The molecule has 0 bridgehead atoms. The molecule has 0 aliphatic heterocycles. The number of carbonyl (C=O) groups excluding carboxylic acids is 1. The third-order valence-corrected chi connectivity index (χ3v) is 3.13. The first-order valence-electron chi connectivity index (χ1n) is 4.71. The van der Waals surface area contributed by atoms with E-state index in [4.69, 9.17) is 4.74 Å². The molecule has 1 heterocycles. The molecule has 0 radical (unpaired) electrons. The molecule has 0 saturated carbocycles. The summed E-state index contributed by atoms with van der Waals surface area (Å²) in [6.07, 6.45) is 0. The van der Waals surface area contributed by atoms with Gasteiger partial charge in [0.15, 0.2) is 0 Å². The number of anilines is 1. The first-order valence-corrected chi connectivity index (χ1v) is 5.52. The normalized spacial score (nSPS) is 9.44. The molecule has 4 nitrogen and oxygen atoms in total. The average molecular weight is 265 g/mol. The molecule has 0 atom stereocenters. The van der Waals surface area contributed by atoms with Crippen LogP contribution in [0, 0.1) is 0 Å². The highest BCUT2D eigenvalue weighted by molar-refractivity contribution is 7.17. The molecule has 0 unspecified atom stereocenters. The zero-order chi connectivity index (χ0) is 11.3. The standard InChI is InChI=1S/C10H16N2O2S.ClH/c1-11-9-5-4-8(15-9)10(13)12(2)6-7-14-3;/h4-5,11H,6-7H2,1-3H3;1H. The van der Waals surface area contributed by atoms with E-state index in [-0.39, 0.29) is 18.3 Å². The van der Waals surface area contributed by atoms with E-state index in [1.165, 1.54) is 11.3 Å². The van der Waals surface area contributed by atoms with Crippen molar-refractivity contribution in [3.63, 3.8) is 0 Å². The Morgan fingerprint density at radius 2 is 2.25 bits per heavy atom. The molecule has 0 aliphatic carbocycles. The van der Waals surface area contributed by atoms with Crippen molar-refractivity contribution in [2.45, 2.75) is 0 Å². The number of ether oxygens (including phenoxy) is 1. The first-order chi connectivity index (χ1) is 7.19. The number of rotatable bonds is 5. The Morgan fingerprint density at radius 3 is 2.75 bits per heavy atom. The van der Waals surface area contributed by atoms with Gasteiger partial charge in [0.05, 0.1) is 16.5 Å². The Balaban J connectivity index is 0.00000225. The van der Waals surface area contributed by atoms with Gasteiger partial charge in [0.1, 0.15) is 0 Å². The van der Waals surface area contributed by atoms with Crippen molar-refractivity contribution in [1.29, 1.82) is 0 Å². The van der Waals surface area contributed by atoms with Crippen molar-refractivity contribution in [3.05, 3.63) is 17.0 Å².